The van der Waals surface area contributed by atoms with Gasteiger partial charge in [-0.15, -0.1) is 0 Å². The first-order valence-electron chi connectivity index (χ1n) is 16.0. The number of aliphatic hydroxyl groups is 1. The molecule has 40 heavy (non-hydrogen) atoms. The minimum absolute atomic E-state index is 0.0455. The van der Waals surface area contributed by atoms with Gasteiger partial charge in [0.2, 0.25) is 0 Å². The summed E-state index contributed by atoms with van der Waals surface area (Å²) >= 11 is 0. The fourth-order valence-electron chi connectivity index (χ4n) is 7.89. The van der Waals surface area contributed by atoms with E-state index in [1.54, 1.807) is 0 Å². The van der Waals surface area contributed by atoms with E-state index in [0.29, 0.717) is 23.8 Å². The van der Waals surface area contributed by atoms with Gasteiger partial charge in [0, 0.05) is 61.4 Å². The fourth-order valence-corrected chi connectivity index (χ4v) is 7.89. The number of likely N-dealkylation sites (N-methyl/N-ethyl adjacent to an activating group) is 1. The van der Waals surface area contributed by atoms with Gasteiger partial charge in [-0.05, 0) is 83.1 Å². The minimum Gasteiger partial charge on any atom is -0.395 e. The molecule has 2 saturated carbocycles. The second-order valence-corrected chi connectivity index (χ2v) is 13.3. The molecule has 5 rings (SSSR count). The first-order valence-corrected chi connectivity index (χ1v) is 16.0. The van der Waals surface area contributed by atoms with E-state index in [-0.39, 0.29) is 18.1 Å². The van der Waals surface area contributed by atoms with E-state index < -0.39 is 5.52 Å². The lowest BCUT2D eigenvalue weighted by Crippen LogP contribution is -2.49. The molecule has 9 heteroatoms. The van der Waals surface area contributed by atoms with Crippen LogP contribution in [0.3, 0.4) is 0 Å². The van der Waals surface area contributed by atoms with Crippen LogP contribution in [-0.4, -0.2) is 109 Å². The third-order valence-electron chi connectivity index (χ3n) is 10.3. The van der Waals surface area contributed by atoms with Crippen LogP contribution in [0.2, 0.25) is 0 Å². The molecule has 4 radical (unpaired) electrons. The number of hydrazine groups is 1. The molecule has 218 valence electrons. The van der Waals surface area contributed by atoms with Crippen molar-refractivity contribution in [2.24, 2.45) is 17.8 Å². The summed E-state index contributed by atoms with van der Waals surface area (Å²) in [5.74, 6) is 1.81. The summed E-state index contributed by atoms with van der Waals surface area (Å²) in [6.07, 6.45) is 11.2. The number of rotatable bonds is 14. The molecule has 7 nitrogen and oxygen atoms in total. The van der Waals surface area contributed by atoms with Gasteiger partial charge in [-0.25, -0.2) is 5.43 Å². The molecule has 0 bridgehead atoms. The van der Waals surface area contributed by atoms with Gasteiger partial charge in [-0.3, -0.25) is 9.80 Å². The van der Waals surface area contributed by atoms with Crippen LogP contribution in [0.1, 0.15) is 71.6 Å². The lowest BCUT2D eigenvalue weighted by atomic mass is 9.73. The Hall–Kier alpha value is -1.41. The van der Waals surface area contributed by atoms with E-state index >= 15 is 0 Å². The number of hydrogen-bond donors (Lipinski definition) is 3. The highest BCUT2D eigenvalue weighted by molar-refractivity contribution is 6.38. The molecule has 5 aliphatic rings. The highest BCUT2D eigenvalue weighted by Gasteiger charge is 2.61. The van der Waals surface area contributed by atoms with Crippen molar-refractivity contribution in [2.75, 3.05) is 39.3 Å². The third-order valence-corrected chi connectivity index (χ3v) is 10.3. The van der Waals surface area contributed by atoms with Gasteiger partial charge in [-0.2, -0.15) is 0 Å². The van der Waals surface area contributed by atoms with E-state index in [2.05, 4.69) is 59.1 Å². The van der Waals surface area contributed by atoms with E-state index in [1.807, 2.05) is 4.90 Å². The van der Waals surface area contributed by atoms with E-state index in [0.717, 1.165) is 56.4 Å². The monoisotopic (exact) mass is 546 g/mol. The van der Waals surface area contributed by atoms with Gasteiger partial charge in [0.05, 0.1) is 18.1 Å². The Morgan fingerprint density at radius 2 is 1.80 bits per heavy atom. The van der Waals surface area contributed by atoms with Crippen LogP contribution in [0.5, 0.6) is 0 Å². The molecule has 3 aliphatic heterocycles. The molecule has 6 unspecified atom stereocenters. The standard InChI is InChI=1S/C31H52B2N6O/c1-6-36(24(5)29-30(27-13-14-27)39(29)31(32,33)40)19-25-15-18-37(20-25)28(26-11-7-8-12-26)22(3)35-21(2)23(4)38-17-10-9-16-34-38/h21,25-30,34-35,40H,3-20H2,1-2H3. The molecule has 0 spiro atoms. The highest BCUT2D eigenvalue weighted by atomic mass is 16.3. The number of nitrogens with zero attached hydrogens (tertiary/aromatic N) is 4. The number of likely N-dealkylation sites (tertiary alicyclic amines) is 1. The van der Waals surface area contributed by atoms with Crippen LogP contribution in [0, 0.1) is 17.8 Å². The zero-order valence-electron chi connectivity index (χ0n) is 25.2. The van der Waals surface area contributed by atoms with Crippen molar-refractivity contribution in [1.82, 2.24) is 30.5 Å². The summed E-state index contributed by atoms with van der Waals surface area (Å²) in [6.45, 7) is 24.0. The van der Waals surface area contributed by atoms with Gasteiger partial charge >= 0.3 is 0 Å². The zero-order chi connectivity index (χ0) is 28.6. The molecule has 2 aliphatic carbocycles. The Balaban J connectivity index is 1.19. The summed E-state index contributed by atoms with van der Waals surface area (Å²) in [4.78, 5) is 6.97. The van der Waals surface area contributed by atoms with Crippen LogP contribution >= 0.6 is 0 Å². The fraction of sp³-hybridized carbons (Fsp3) is 0.806. The predicted molar refractivity (Wildman–Crippen MR) is 165 cm³/mol. The van der Waals surface area contributed by atoms with Gasteiger partial charge in [0.15, 0.2) is 0 Å². The van der Waals surface area contributed by atoms with Crippen molar-refractivity contribution in [3.8, 4) is 0 Å². The topological polar surface area (TPSA) is 57.0 Å². The first kappa shape index (κ1) is 30.1. The maximum atomic E-state index is 10.4. The van der Waals surface area contributed by atoms with Crippen LogP contribution in [0.25, 0.3) is 0 Å². The smallest absolute Gasteiger partial charge is 0.120 e. The summed E-state index contributed by atoms with van der Waals surface area (Å²) in [5, 5.41) is 16.4. The van der Waals surface area contributed by atoms with E-state index in [1.165, 1.54) is 57.8 Å². The molecule has 0 amide bonds. The van der Waals surface area contributed by atoms with Crippen molar-refractivity contribution in [1.29, 1.82) is 0 Å². The maximum Gasteiger partial charge on any atom is 0.120 e. The molecule has 3 N–H and O–H groups in total. The average Bonchev–Trinajstić information content (AvgIpc) is 3.80. The molecule has 0 aromatic heterocycles. The second-order valence-electron chi connectivity index (χ2n) is 13.3. The molecule has 5 fully saturated rings. The van der Waals surface area contributed by atoms with Crippen molar-refractivity contribution in [3.05, 3.63) is 36.8 Å². The van der Waals surface area contributed by atoms with E-state index in [9.17, 15) is 5.11 Å². The van der Waals surface area contributed by atoms with Crippen LogP contribution < -0.4 is 10.7 Å². The minimum atomic E-state index is -1.78. The molecule has 3 heterocycles. The highest BCUT2D eigenvalue weighted by Crippen LogP contribution is 2.51. The molecule has 0 aromatic carbocycles. The zero-order valence-corrected chi connectivity index (χ0v) is 25.2. The quantitative estimate of drug-likeness (QED) is 0.229. The average molecular weight is 546 g/mol. The second kappa shape index (κ2) is 12.4. The van der Waals surface area contributed by atoms with Gasteiger partial charge < -0.3 is 20.3 Å². The first-order chi connectivity index (χ1) is 19.1. The predicted octanol–water partition coefficient (Wildman–Crippen LogP) is 2.71. The van der Waals surface area contributed by atoms with Crippen LogP contribution in [0.4, 0.5) is 0 Å². The lowest BCUT2D eigenvalue weighted by molar-refractivity contribution is 0.0959. The summed E-state index contributed by atoms with van der Waals surface area (Å²) in [6, 6.07) is 0.769. The van der Waals surface area contributed by atoms with Gasteiger partial charge in [-0.1, -0.05) is 32.6 Å². The van der Waals surface area contributed by atoms with Crippen molar-refractivity contribution < 1.29 is 5.11 Å². The van der Waals surface area contributed by atoms with Crippen molar-refractivity contribution in [2.45, 2.75) is 101 Å². The molecular weight excluding hydrogens is 494 g/mol. The Bertz CT molecular complexity index is 923. The SMILES string of the molecule is [B]C([B])(O)N1C(C(=C)N(CC)CC2CCN(C(C(=C)NC(C)C(=C)N3CCCCN3)C3CCCC3)C2)C1C1CC1. The summed E-state index contributed by atoms with van der Waals surface area (Å²) in [5.41, 5.74) is 5.03. The summed E-state index contributed by atoms with van der Waals surface area (Å²) < 4.78 is 0. The number of nitrogens with one attached hydrogen (secondary N) is 2. The Morgan fingerprint density at radius 1 is 1.07 bits per heavy atom. The lowest BCUT2D eigenvalue weighted by Gasteiger charge is -2.38. The Kier molecular flexibility index (Phi) is 9.35. The third kappa shape index (κ3) is 6.63. The largest absolute Gasteiger partial charge is 0.395 e. The van der Waals surface area contributed by atoms with Crippen molar-refractivity contribution >= 4 is 15.7 Å². The van der Waals surface area contributed by atoms with Crippen molar-refractivity contribution in [3.63, 3.8) is 0 Å². The van der Waals surface area contributed by atoms with E-state index in [4.69, 9.17) is 15.7 Å². The summed E-state index contributed by atoms with van der Waals surface area (Å²) in [7, 11) is 11.9. The molecule has 0 aromatic rings. The normalized spacial score (nSPS) is 31.1. The van der Waals surface area contributed by atoms with Crippen LogP contribution in [0.15, 0.2) is 36.8 Å². The van der Waals surface area contributed by atoms with Crippen LogP contribution in [-0.2, 0) is 0 Å². The maximum absolute atomic E-state index is 10.4. The number of hydrogen-bond acceptors (Lipinski definition) is 7. The Labute approximate surface area is 246 Å². The Morgan fingerprint density at radius 3 is 2.40 bits per heavy atom. The molecular formula is C31H52B2N6O. The van der Waals surface area contributed by atoms with Gasteiger partial charge in [0.25, 0.3) is 0 Å². The molecule has 3 saturated heterocycles. The molecule has 6 atom stereocenters. The van der Waals surface area contributed by atoms with Gasteiger partial charge in [0.1, 0.15) is 15.7 Å².